The van der Waals surface area contributed by atoms with Crippen molar-refractivity contribution in [1.29, 1.82) is 0 Å². The summed E-state index contributed by atoms with van der Waals surface area (Å²) in [7, 11) is -3.87. The van der Waals surface area contributed by atoms with Gasteiger partial charge in [0.2, 0.25) is 15.9 Å². The van der Waals surface area contributed by atoms with E-state index in [0.717, 1.165) is 17.9 Å². The van der Waals surface area contributed by atoms with E-state index in [4.69, 9.17) is 9.47 Å². The van der Waals surface area contributed by atoms with Gasteiger partial charge in [-0.05, 0) is 68.3 Å². The van der Waals surface area contributed by atoms with Crippen molar-refractivity contribution in [2.24, 2.45) is 0 Å². The number of hydrogen-bond donors (Lipinski definition) is 1. The fraction of sp³-hybridized carbons (Fsp3) is 0.381. The van der Waals surface area contributed by atoms with Crippen molar-refractivity contribution in [2.75, 3.05) is 26.3 Å². The molecule has 0 radical (unpaired) electrons. The molecule has 1 fully saturated rings. The van der Waals surface area contributed by atoms with Crippen LogP contribution < -0.4 is 14.8 Å². The summed E-state index contributed by atoms with van der Waals surface area (Å²) in [5.41, 5.74) is 0. The maximum atomic E-state index is 13.1. The third-order valence-corrected chi connectivity index (χ3v) is 6.65. The molecule has 1 unspecified atom stereocenters. The number of carbonyl (C=O) groups excluding carboxylic acids is 1. The first kappa shape index (κ1) is 22.0. The third kappa shape index (κ3) is 5.28. The van der Waals surface area contributed by atoms with Crippen molar-refractivity contribution in [3.05, 3.63) is 54.3 Å². The fourth-order valence-corrected chi connectivity index (χ4v) is 4.95. The lowest BCUT2D eigenvalue weighted by molar-refractivity contribution is -0.124. The Balaban J connectivity index is 1.52. The van der Waals surface area contributed by atoms with Crippen LogP contribution in [0, 0.1) is 5.82 Å². The summed E-state index contributed by atoms with van der Waals surface area (Å²) in [5.74, 6) is 0.515. The summed E-state index contributed by atoms with van der Waals surface area (Å²) in [5, 5.41) is 2.73. The number of carbonyl (C=O) groups is 1. The number of rotatable bonds is 9. The predicted octanol–water partition coefficient (Wildman–Crippen LogP) is 2.57. The van der Waals surface area contributed by atoms with Gasteiger partial charge in [-0.1, -0.05) is 0 Å². The van der Waals surface area contributed by atoms with Gasteiger partial charge in [0.25, 0.3) is 0 Å². The number of benzene rings is 2. The number of ether oxygens (including phenoxy) is 2. The normalized spacial score (nSPS) is 16.9. The van der Waals surface area contributed by atoms with E-state index in [2.05, 4.69) is 5.32 Å². The second-order valence-electron chi connectivity index (χ2n) is 6.77. The molecule has 2 aromatic rings. The topological polar surface area (TPSA) is 84.9 Å². The minimum absolute atomic E-state index is 0.0255. The van der Waals surface area contributed by atoms with Crippen molar-refractivity contribution < 1.29 is 27.1 Å². The molecule has 3 rings (SSSR count). The first-order valence-corrected chi connectivity index (χ1v) is 11.3. The van der Waals surface area contributed by atoms with E-state index in [-0.39, 0.29) is 30.5 Å². The molecule has 1 saturated heterocycles. The zero-order valence-corrected chi connectivity index (χ0v) is 17.5. The molecule has 2 aromatic carbocycles. The summed E-state index contributed by atoms with van der Waals surface area (Å²) in [4.78, 5) is 12.5. The maximum absolute atomic E-state index is 13.1. The molecule has 0 bridgehead atoms. The van der Waals surface area contributed by atoms with Gasteiger partial charge < -0.3 is 14.8 Å². The van der Waals surface area contributed by atoms with Crippen molar-refractivity contribution in [3.8, 4) is 11.5 Å². The Morgan fingerprint density at radius 3 is 2.37 bits per heavy atom. The van der Waals surface area contributed by atoms with Gasteiger partial charge in [0.1, 0.15) is 30.0 Å². The molecular formula is C21H25FN2O5S. The van der Waals surface area contributed by atoms with Gasteiger partial charge in [-0.15, -0.1) is 0 Å². The number of hydrogen-bond acceptors (Lipinski definition) is 5. The number of amides is 1. The summed E-state index contributed by atoms with van der Waals surface area (Å²) >= 11 is 0. The van der Waals surface area contributed by atoms with Crippen LogP contribution >= 0.6 is 0 Å². The Morgan fingerprint density at radius 2 is 1.73 bits per heavy atom. The molecule has 1 N–H and O–H groups in total. The summed E-state index contributed by atoms with van der Waals surface area (Å²) in [6.45, 7) is 3.23. The Bertz CT molecular complexity index is 948. The summed E-state index contributed by atoms with van der Waals surface area (Å²) < 4.78 is 50.9. The summed E-state index contributed by atoms with van der Waals surface area (Å²) in [6.07, 6.45) is 1.02. The Kier molecular flexibility index (Phi) is 7.28. The van der Waals surface area contributed by atoms with E-state index >= 15 is 0 Å². The van der Waals surface area contributed by atoms with Crippen LogP contribution in [0.3, 0.4) is 0 Å². The maximum Gasteiger partial charge on any atom is 0.243 e. The van der Waals surface area contributed by atoms with Crippen molar-refractivity contribution in [3.63, 3.8) is 0 Å². The Labute approximate surface area is 175 Å². The first-order valence-electron chi connectivity index (χ1n) is 9.82. The zero-order valence-electron chi connectivity index (χ0n) is 16.7. The lowest BCUT2D eigenvalue weighted by Crippen LogP contribution is -2.46. The lowest BCUT2D eigenvalue weighted by atomic mass is 10.2. The van der Waals surface area contributed by atoms with Crippen LogP contribution in [0.1, 0.15) is 19.8 Å². The van der Waals surface area contributed by atoms with Crippen LogP contribution in [-0.4, -0.2) is 51.0 Å². The highest BCUT2D eigenvalue weighted by Crippen LogP contribution is 2.26. The average molecular weight is 437 g/mol. The molecular weight excluding hydrogens is 411 g/mol. The molecule has 0 saturated carbocycles. The minimum Gasteiger partial charge on any atom is -0.494 e. The number of nitrogens with zero attached hydrogens (tertiary/aromatic N) is 1. The molecule has 1 aliphatic heterocycles. The standard InChI is InChI=1S/C21H25FN2O5S/c1-2-28-17-7-9-18(10-8-17)29-15-13-23-21(25)20-4-3-14-24(20)30(26,27)19-11-5-16(22)6-12-19/h5-12,20H,2-4,13-15H2,1H3,(H,23,25). The molecule has 1 heterocycles. The highest BCUT2D eigenvalue weighted by Gasteiger charge is 2.39. The van der Waals surface area contributed by atoms with Gasteiger partial charge in [-0.3, -0.25) is 4.79 Å². The Hall–Kier alpha value is -2.65. The molecule has 1 amide bonds. The monoisotopic (exact) mass is 436 g/mol. The SMILES string of the molecule is CCOc1ccc(OCCNC(=O)C2CCCN2S(=O)(=O)c2ccc(F)cc2)cc1. The minimum atomic E-state index is -3.87. The van der Waals surface area contributed by atoms with Crippen molar-refractivity contribution in [2.45, 2.75) is 30.7 Å². The van der Waals surface area contributed by atoms with Crippen LogP contribution in [0.15, 0.2) is 53.4 Å². The highest BCUT2D eigenvalue weighted by atomic mass is 32.2. The van der Waals surface area contributed by atoms with E-state index in [1.54, 1.807) is 24.3 Å². The van der Waals surface area contributed by atoms with E-state index in [0.29, 0.717) is 25.2 Å². The molecule has 7 nitrogen and oxygen atoms in total. The highest BCUT2D eigenvalue weighted by molar-refractivity contribution is 7.89. The van der Waals surface area contributed by atoms with Crippen LogP contribution in [0.5, 0.6) is 11.5 Å². The van der Waals surface area contributed by atoms with Gasteiger partial charge in [0, 0.05) is 6.54 Å². The molecule has 1 aliphatic rings. The molecule has 0 aliphatic carbocycles. The quantitative estimate of drug-likeness (QED) is 0.611. The first-order chi connectivity index (χ1) is 14.4. The molecule has 0 spiro atoms. The lowest BCUT2D eigenvalue weighted by Gasteiger charge is -2.23. The average Bonchev–Trinajstić information content (AvgIpc) is 3.24. The van der Waals surface area contributed by atoms with Crippen LogP contribution in [-0.2, 0) is 14.8 Å². The fourth-order valence-electron chi connectivity index (χ4n) is 3.29. The van der Waals surface area contributed by atoms with E-state index in [1.165, 1.54) is 16.4 Å². The molecule has 1 atom stereocenters. The van der Waals surface area contributed by atoms with Gasteiger partial charge in [0.05, 0.1) is 18.0 Å². The third-order valence-electron chi connectivity index (χ3n) is 4.73. The molecule has 162 valence electrons. The second kappa shape index (κ2) is 9.90. The van der Waals surface area contributed by atoms with Crippen LogP contribution in [0.4, 0.5) is 4.39 Å². The van der Waals surface area contributed by atoms with Gasteiger partial charge in [-0.25, -0.2) is 12.8 Å². The van der Waals surface area contributed by atoms with Crippen molar-refractivity contribution in [1.82, 2.24) is 9.62 Å². The van der Waals surface area contributed by atoms with Gasteiger partial charge in [-0.2, -0.15) is 4.31 Å². The molecule has 0 aromatic heterocycles. The van der Waals surface area contributed by atoms with Gasteiger partial charge in [0.15, 0.2) is 0 Å². The van der Waals surface area contributed by atoms with Crippen LogP contribution in [0.25, 0.3) is 0 Å². The van der Waals surface area contributed by atoms with E-state index in [9.17, 15) is 17.6 Å². The second-order valence-corrected chi connectivity index (χ2v) is 8.66. The predicted molar refractivity (Wildman–Crippen MR) is 109 cm³/mol. The molecule has 9 heteroatoms. The Morgan fingerprint density at radius 1 is 1.10 bits per heavy atom. The smallest absolute Gasteiger partial charge is 0.243 e. The zero-order chi connectivity index (χ0) is 21.6. The van der Waals surface area contributed by atoms with Crippen molar-refractivity contribution >= 4 is 15.9 Å². The van der Waals surface area contributed by atoms with E-state index in [1.807, 2.05) is 6.92 Å². The number of halogens is 1. The number of sulfonamides is 1. The molecule has 30 heavy (non-hydrogen) atoms. The summed E-state index contributed by atoms with van der Waals surface area (Å²) in [6, 6.07) is 11.0. The van der Waals surface area contributed by atoms with Gasteiger partial charge >= 0.3 is 0 Å². The van der Waals surface area contributed by atoms with Crippen LogP contribution in [0.2, 0.25) is 0 Å². The number of nitrogens with one attached hydrogen (secondary N) is 1. The van der Waals surface area contributed by atoms with E-state index < -0.39 is 21.9 Å². The largest absolute Gasteiger partial charge is 0.494 e.